The van der Waals surface area contributed by atoms with Gasteiger partial charge in [-0.2, -0.15) is 0 Å². The number of hydrogen-bond acceptors (Lipinski definition) is 3. The average molecular weight is 488 g/mol. The molecule has 1 aliphatic heterocycles. The summed E-state index contributed by atoms with van der Waals surface area (Å²) in [4.78, 5) is 6.91. The molecule has 0 aliphatic carbocycles. The lowest BCUT2D eigenvalue weighted by Crippen LogP contribution is -2.44. The molecular formula is C21H37IN4O. The number of guanidine groups is 1. The van der Waals surface area contributed by atoms with Gasteiger partial charge in [-0.05, 0) is 56.8 Å². The van der Waals surface area contributed by atoms with Crippen molar-refractivity contribution in [2.75, 3.05) is 39.8 Å². The third kappa shape index (κ3) is 8.25. The molecule has 0 aromatic heterocycles. The van der Waals surface area contributed by atoms with Crippen molar-refractivity contribution in [3.05, 3.63) is 29.3 Å². The van der Waals surface area contributed by atoms with Crippen molar-refractivity contribution >= 4 is 29.9 Å². The second-order valence-corrected chi connectivity index (χ2v) is 7.17. The molecule has 1 unspecified atom stereocenters. The molecule has 0 spiro atoms. The second kappa shape index (κ2) is 13.2. The Kier molecular flexibility index (Phi) is 11.7. The first-order valence-corrected chi connectivity index (χ1v) is 10.0. The Hall–Kier alpha value is -1.02. The van der Waals surface area contributed by atoms with E-state index in [-0.39, 0.29) is 24.0 Å². The van der Waals surface area contributed by atoms with Gasteiger partial charge in [0.15, 0.2) is 5.96 Å². The highest BCUT2D eigenvalue weighted by molar-refractivity contribution is 14.0. The molecule has 1 fully saturated rings. The van der Waals surface area contributed by atoms with Gasteiger partial charge in [-0.3, -0.25) is 4.99 Å². The van der Waals surface area contributed by atoms with Crippen LogP contribution in [0, 0.1) is 12.8 Å². The molecule has 5 nitrogen and oxygen atoms in total. The maximum absolute atomic E-state index is 5.91. The molecule has 0 radical (unpaired) electrons. The molecule has 2 N–H and O–H groups in total. The summed E-state index contributed by atoms with van der Waals surface area (Å²) in [6.45, 7) is 12.5. The van der Waals surface area contributed by atoms with E-state index in [0.717, 1.165) is 37.8 Å². The minimum atomic E-state index is 0. The minimum Gasteiger partial charge on any atom is -0.493 e. The first-order chi connectivity index (χ1) is 12.7. The summed E-state index contributed by atoms with van der Waals surface area (Å²) in [6.07, 6.45) is 3.61. The van der Waals surface area contributed by atoms with Crippen molar-refractivity contribution in [1.29, 1.82) is 0 Å². The Labute approximate surface area is 182 Å². The molecule has 1 aromatic carbocycles. The van der Waals surface area contributed by atoms with Crippen LogP contribution in [0.5, 0.6) is 5.75 Å². The van der Waals surface area contributed by atoms with Gasteiger partial charge in [-0.25, -0.2) is 0 Å². The highest BCUT2D eigenvalue weighted by Gasteiger charge is 2.18. The molecule has 2 rings (SSSR count). The number of ether oxygens (including phenoxy) is 1. The molecule has 1 atom stereocenters. The Morgan fingerprint density at radius 2 is 2.11 bits per heavy atom. The summed E-state index contributed by atoms with van der Waals surface area (Å²) in [7, 11) is 1.83. The zero-order valence-electron chi connectivity index (χ0n) is 17.4. The zero-order valence-corrected chi connectivity index (χ0v) is 19.7. The largest absolute Gasteiger partial charge is 0.493 e. The lowest BCUT2D eigenvalue weighted by molar-refractivity contribution is 0.183. The molecule has 6 heteroatoms. The van der Waals surface area contributed by atoms with Crippen LogP contribution in [-0.2, 0) is 6.54 Å². The summed E-state index contributed by atoms with van der Waals surface area (Å²) in [5.74, 6) is 2.53. The van der Waals surface area contributed by atoms with Gasteiger partial charge in [-0.15, -0.1) is 24.0 Å². The van der Waals surface area contributed by atoms with Gasteiger partial charge in [-0.1, -0.05) is 26.0 Å². The lowest BCUT2D eigenvalue weighted by Gasteiger charge is -2.32. The maximum atomic E-state index is 5.91. The number of halogens is 1. The molecule has 1 aromatic rings. The standard InChI is InChI=1S/C21H36N4O.HI/c1-5-12-26-20-13-17(3)9-10-19(20)15-24-21(22-4)23-14-18-8-7-11-25(6-2)16-18;/h9-10,13,18H,5-8,11-12,14-16H2,1-4H3,(H2,22,23,24);1H. The van der Waals surface area contributed by atoms with Crippen LogP contribution in [-0.4, -0.2) is 50.7 Å². The highest BCUT2D eigenvalue weighted by atomic mass is 127. The summed E-state index contributed by atoms with van der Waals surface area (Å²) in [6, 6.07) is 6.39. The molecule has 27 heavy (non-hydrogen) atoms. The van der Waals surface area contributed by atoms with Gasteiger partial charge in [0.25, 0.3) is 0 Å². The normalized spacial score (nSPS) is 17.9. The van der Waals surface area contributed by atoms with E-state index in [9.17, 15) is 0 Å². The summed E-state index contributed by atoms with van der Waals surface area (Å²) < 4.78 is 5.91. The Bertz CT molecular complexity index is 579. The quantitative estimate of drug-likeness (QED) is 0.332. The third-order valence-corrected chi connectivity index (χ3v) is 4.96. The molecule has 1 saturated heterocycles. The van der Waals surface area contributed by atoms with Crippen molar-refractivity contribution in [3.8, 4) is 5.75 Å². The predicted molar refractivity (Wildman–Crippen MR) is 125 cm³/mol. The molecule has 1 heterocycles. The summed E-state index contributed by atoms with van der Waals surface area (Å²) in [5.41, 5.74) is 2.39. The minimum absolute atomic E-state index is 0. The fraction of sp³-hybridized carbons (Fsp3) is 0.667. The number of piperidine rings is 1. The fourth-order valence-corrected chi connectivity index (χ4v) is 3.40. The van der Waals surface area contributed by atoms with Crippen LogP contribution in [0.15, 0.2) is 23.2 Å². The predicted octanol–water partition coefficient (Wildman–Crippen LogP) is 3.80. The van der Waals surface area contributed by atoms with Gasteiger partial charge in [0.1, 0.15) is 5.75 Å². The Balaban J connectivity index is 0.00000364. The monoisotopic (exact) mass is 488 g/mol. The van der Waals surface area contributed by atoms with E-state index < -0.39 is 0 Å². The number of rotatable bonds is 8. The van der Waals surface area contributed by atoms with Crippen LogP contribution >= 0.6 is 24.0 Å². The third-order valence-electron chi connectivity index (χ3n) is 4.96. The molecule has 154 valence electrons. The topological polar surface area (TPSA) is 48.9 Å². The van der Waals surface area contributed by atoms with E-state index in [1.165, 1.54) is 37.1 Å². The van der Waals surface area contributed by atoms with Gasteiger partial charge >= 0.3 is 0 Å². The second-order valence-electron chi connectivity index (χ2n) is 7.17. The van der Waals surface area contributed by atoms with Crippen molar-refractivity contribution in [3.63, 3.8) is 0 Å². The number of benzene rings is 1. The van der Waals surface area contributed by atoms with Crippen LogP contribution in [0.4, 0.5) is 0 Å². The number of likely N-dealkylation sites (tertiary alicyclic amines) is 1. The van der Waals surface area contributed by atoms with Crippen molar-refractivity contribution < 1.29 is 4.74 Å². The van der Waals surface area contributed by atoms with Crippen molar-refractivity contribution in [2.45, 2.75) is 46.6 Å². The highest BCUT2D eigenvalue weighted by Crippen LogP contribution is 2.20. The summed E-state index contributed by atoms with van der Waals surface area (Å²) >= 11 is 0. The van der Waals surface area contributed by atoms with E-state index in [1.54, 1.807) is 0 Å². The first kappa shape index (κ1) is 24.0. The van der Waals surface area contributed by atoms with Gasteiger partial charge in [0, 0.05) is 32.2 Å². The van der Waals surface area contributed by atoms with Crippen LogP contribution in [0.1, 0.15) is 44.2 Å². The number of nitrogens with zero attached hydrogens (tertiary/aromatic N) is 2. The first-order valence-electron chi connectivity index (χ1n) is 10.0. The van der Waals surface area contributed by atoms with Gasteiger partial charge in [0.05, 0.1) is 6.61 Å². The number of hydrogen-bond donors (Lipinski definition) is 2. The molecule has 0 saturated carbocycles. The van der Waals surface area contributed by atoms with Crippen molar-refractivity contribution in [2.24, 2.45) is 10.9 Å². The zero-order chi connectivity index (χ0) is 18.8. The molecule has 0 amide bonds. The van der Waals surface area contributed by atoms with E-state index in [1.807, 2.05) is 7.05 Å². The van der Waals surface area contributed by atoms with Gasteiger partial charge < -0.3 is 20.3 Å². The van der Waals surface area contributed by atoms with E-state index in [0.29, 0.717) is 12.5 Å². The average Bonchev–Trinajstić information content (AvgIpc) is 2.67. The van der Waals surface area contributed by atoms with E-state index >= 15 is 0 Å². The smallest absolute Gasteiger partial charge is 0.191 e. The summed E-state index contributed by atoms with van der Waals surface area (Å²) in [5, 5.41) is 6.93. The Morgan fingerprint density at radius 1 is 1.30 bits per heavy atom. The maximum Gasteiger partial charge on any atom is 0.191 e. The van der Waals surface area contributed by atoms with E-state index in [4.69, 9.17) is 4.74 Å². The lowest BCUT2D eigenvalue weighted by atomic mass is 9.98. The van der Waals surface area contributed by atoms with Crippen LogP contribution < -0.4 is 15.4 Å². The number of aryl methyl sites for hydroxylation is 1. The van der Waals surface area contributed by atoms with E-state index in [2.05, 4.69) is 59.5 Å². The Morgan fingerprint density at radius 3 is 2.81 bits per heavy atom. The molecule has 0 bridgehead atoms. The number of nitrogens with one attached hydrogen (secondary N) is 2. The van der Waals surface area contributed by atoms with Crippen LogP contribution in [0.2, 0.25) is 0 Å². The molecular weight excluding hydrogens is 451 g/mol. The molecule has 1 aliphatic rings. The SMILES string of the molecule is CCCOc1cc(C)ccc1CNC(=NC)NCC1CCCN(CC)C1.I. The van der Waals surface area contributed by atoms with Crippen LogP contribution in [0.3, 0.4) is 0 Å². The van der Waals surface area contributed by atoms with Gasteiger partial charge in [0.2, 0.25) is 0 Å². The van der Waals surface area contributed by atoms with Crippen LogP contribution in [0.25, 0.3) is 0 Å². The number of aliphatic imine (C=N–C) groups is 1. The fourth-order valence-electron chi connectivity index (χ4n) is 3.40. The van der Waals surface area contributed by atoms with Crippen molar-refractivity contribution in [1.82, 2.24) is 15.5 Å².